The molecule has 1 unspecified atom stereocenters. The summed E-state index contributed by atoms with van der Waals surface area (Å²) < 4.78 is 0. The van der Waals surface area contributed by atoms with Crippen LogP contribution in [-0.2, 0) is 4.79 Å². The van der Waals surface area contributed by atoms with Crippen LogP contribution in [0.3, 0.4) is 0 Å². The summed E-state index contributed by atoms with van der Waals surface area (Å²) in [7, 11) is 0. The Hall–Kier alpha value is -3.14. The molecule has 26 heavy (non-hydrogen) atoms. The molecule has 2 amide bonds. The zero-order valence-corrected chi connectivity index (χ0v) is 14.4. The molecule has 0 aromatic heterocycles. The highest BCUT2D eigenvalue weighted by Crippen LogP contribution is 2.24. The molecular weight excluding hydrogens is 324 g/mol. The van der Waals surface area contributed by atoms with Gasteiger partial charge in [-0.1, -0.05) is 48.5 Å². The minimum atomic E-state index is -0.0960. The number of carbonyl (C=O) groups excluding carboxylic acids is 2. The number of amides is 2. The predicted molar refractivity (Wildman–Crippen MR) is 103 cm³/mol. The van der Waals surface area contributed by atoms with Crippen molar-refractivity contribution in [1.29, 1.82) is 0 Å². The molecule has 130 valence electrons. The van der Waals surface area contributed by atoms with E-state index in [0.29, 0.717) is 25.1 Å². The summed E-state index contributed by atoms with van der Waals surface area (Å²) >= 11 is 0. The Morgan fingerprint density at radius 2 is 1.69 bits per heavy atom. The van der Waals surface area contributed by atoms with Crippen LogP contribution < -0.4 is 10.2 Å². The molecule has 1 heterocycles. The summed E-state index contributed by atoms with van der Waals surface area (Å²) in [6.45, 7) is 1.14. The Labute approximate surface area is 152 Å². The molecule has 1 N–H and O–H groups in total. The van der Waals surface area contributed by atoms with Crippen molar-refractivity contribution in [2.24, 2.45) is 5.92 Å². The lowest BCUT2D eigenvalue weighted by Gasteiger charge is -2.17. The maximum absolute atomic E-state index is 12.5. The molecule has 0 spiro atoms. The van der Waals surface area contributed by atoms with Crippen LogP contribution in [0.5, 0.6) is 0 Å². The molecule has 0 radical (unpaired) electrons. The Morgan fingerprint density at radius 1 is 0.962 bits per heavy atom. The SMILES string of the molecule is O=C(NCC1CC(=O)N(c2ccccc2)C1)c1ccc2ccccc2c1. The van der Waals surface area contributed by atoms with Crippen LogP contribution in [0.15, 0.2) is 72.8 Å². The first kappa shape index (κ1) is 16.3. The van der Waals surface area contributed by atoms with Crippen molar-refractivity contribution in [2.45, 2.75) is 6.42 Å². The van der Waals surface area contributed by atoms with Crippen molar-refractivity contribution >= 4 is 28.3 Å². The first-order valence-electron chi connectivity index (χ1n) is 8.83. The minimum absolute atomic E-state index is 0.0960. The van der Waals surface area contributed by atoms with Gasteiger partial charge in [0.1, 0.15) is 0 Å². The molecule has 1 atom stereocenters. The summed E-state index contributed by atoms with van der Waals surface area (Å²) in [4.78, 5) is 26.5. The van der Waals surface area contributed by atoms with Crippen molar-refractivity contribution < 1.29 is 9.59 Å². The highest BCUT2D eigenvalue weighted by molar-refractivity contribution is 5.99. The van der Waals surface area contributed by atoms with E-state index in [1.807, 2.05) is 72.8 Å². The number of para-hydroxylation sites is 1. The second-order valence-corrected chi connectivity index (χ2v) is 6.68. The third kappa shape index (κ3) is 3.31. The van der Waals surface area contributed by atoms with Gasteiger partial charge in [-0.25, -0.2) is 0 Å². The predicted octanol–water partition coefficient (Wildman–Crippen LogP) is 3.62. The van der Waals surface area contributed by atoms with Gasteiger partial charge in [0.15, 0.2) is 0 Å². The molecule has 0 bridgehead atoms. The first-order chi connectivity index (χ1) is 12.7. The van der Waals surface area contributed by atoms with E-state index in [0.717, 1.165) is 16.5 Å². The van der Waals surface area contributed by atoms with Crippen molar-refractivity contribution in [3.63, 3.8) is 0 Å². The third-order valence-corrected chi connectivity index (χ3v) is 4.84. The molecule has 4 rings (SSSR count). The molecule has 1 aliphatic heterocycles. The Morgan fingerprint density at radius 3 is 2.50 bits per heavy atom. The van der Waals surface area contributed by atoms with Crippen LogP contribution in [0.25, 0.3) is 10.8 Å². The average Bonchev–Trinajstić information content (AvgIpc) is 3.07. The standard InChI is InChI=1S/C22H20N2O2/c25-21-12-16(15-24(21)20-8-2-1-3-9-20)14-23-22(26)19-11-10-17-6-4-5-7-18(17)13-19/h1-11,13,16H,12,14-15H2,(H,23,26). The maximum atomic E-state index is 12.5. The summed E-state index contributed by atoms with van der Waals surface area (Å²) in [5, 5.41) is 5.14. The maximum Gasteiger partial charge on any atom is 0.251 e. The molecular formula is C22H20N2O2. The fraction of sp³-hybridized carbons (Fsp3) is 0.182. The second-order valence-electron chi connectivity index (χ2n) is 6.68. The van der Waals surface area contributed by atoms with Crippen molar-refractivity contribution in [3.05, 3.63) is 78.4 Å². The van der Waals surface area contributed by atoms with Crippen LogP contribution in [0.4, 0.5) is 5.69 Å². The van der Waals surface area contributed by atoms with Gasteiger partial charge in [0.2, 0.25) is 5.91 Å². The average molecular weight is 344 g/mol. The van der Waals surface area contributed by atoms with Crippen molar-refractivity contribution in [2.75, 3.05) is 18.0 Å². The zero-order chi connectivity index (χ0) is 17.9. The van der Waals surface area contributed by atoms with Crippen molar-refractivity contribution in [3.8, 4) is 0 Å². The number of nitrogens with one attached hydrogen (secondary N) is 1. The van der Waals surface area contributed by atoms with Gasteiger partial charge in [-0.15, -0.1) is 0 Å². The lowest BCUT2D eigenvalue weighted by molar-refractivity contribution is -0.117. The number of anilines is 1. The van der Waals surface area contributed by atoms with E-state index in [4.69, 9.17) is 0 Å². The van der Waals surface area contributed by atoms with Crippen LogP contribution in [0, 0.1) is 5.92 Å². The number of benzene rings is 3. The molecule has 0 saturated carbocycles. The van der Waals surface area contributed by atoms with E-state index < -0.39 is 0 Å². The Balaban J connectivity index is 1.39. The number of hydrogen-bond donors (Lipinski definition) is 1. The topological polar surface area (TPSA) is 49.4 Å². The van der Waals surface area contributed by atoms with E-state index >= 15 is 0 Å². The quantitative estimate of drug-likeness (QED) is 0.786. The summed E-state index contributed by atoms with van der Waals surface area (Å²) in [6.07, 6.45) is 0.465. The van der Waals surface area contributed by atoms with E-state index in [9.17, 15) is 9.59 Å². The fourth-order valence-corrected chi connectivity index (χ4v) is 3.45. The summed E-state index contributed by atoms with van der Waals surface area (Å²) in [5.41, 5.74) is 1.56. The van der Waals surface area contributed by atoms with Gasteiger partial charge in [0, 0.05) is 36.7 Å². The number of rotatable bonds is 4. The molecule has 4 heteroatoms. The molecule has 4 nitrogen and oxygen atoms in total. The fourth-order valence-electron chi connectivity index (χ4n) is 3.45. The number of carbonyl (C=O) groups is 2. The van der Waals surface area contributed by atoms with Crippen LogP contribution in [0.2, 0.25) is 0 Å². The molecule has 1 saturated heterocycles. The first-order valence-corrected chi connectivity index (χ1v) is 8.83. The molecule has 1 fully saturated rings. The summed E-state index contributed by atoms with van der Waals surface area (Å²) in [6, 6.07) is 23.3. The van der Waals surface area contributed by atoms with Gasteiger partial charge in [-0.2, -0.15) is 0 Å². The molecule has 1 aliphatic rings. The highest BCUT2D eigenvalue weighted by Gasteiger charge is 2.30. The van der Waals surface area contributed by atoms with Gasteiger partial charge in [-0.05, 0) is 35.0 Å². The van der Waals surface area contributed by atoms with Gasteiger partial charge in [0.25, 0.3) is 5.91 Å². The summed E-state index contributed by atoms with van der Waals surface area (Å²) in [5.74, 6) is 0.148. The number of nitrogens with zero attached hydrogens (tertiary/aromatic N) is 1. The van der Waals surface area contributed by atoms with Crippen molar-refractivity contribution in [1.82, 2.24) is 5.32 Å². The zero-order valence-electron chi connectivity index (χ0n) is 14.4. The highest BCUT2D eigenvalue weighted by atomic mass is 16.2. The third-order valence-electron chi connectivity index (χ3n) is 4.84. The van der Waals surface area contributed by atoms with E-state index in [2.05, 4.69) is 5.32 Å². The number of fused-ring (bicyclic) bond motifs is 1. The largest absolute Gasteiger partial charge is 0.352 e. The van der Waals surface area contributed by atoms with Crippen LogP contribution >= 0.6 is 0 Å². The molecule has 3 aromatic rings. The smallest absolute Gasteiger partial charge is 0.251 e. The Bertz CT molecular complexity index is 953. The van der Waals surface area contributed by atoms with Crippen LogP contribution in [0.1, 0.15) is 16.8 Å². The Kier molecular flexibility index (Phi) is 4.40. The lowest BCUT2D eigenvalue weighted by atomic mass is 10.1. The van der Waals surface area contributed by atoms with E-state index in [1.54, 1.807) is 4.90 Å². The van der Waals surface area contributed by atoms with E-state index in [1.165, 1.54) is 0 Å². The normalized spacial score (nSPS) is 16.8. The van der Waals surface area contributed by atoms with Gasteiger partial charge in [-0.3, -0.25) is 9.59 Å². The number of hydrogen-bond acceptors (Lipinski definition) is 2. The monoisotopic (exact) mass is 344 g/mol. The lowest BCUT2D eigenvalue weighted by Crippen LogP contribution is -2.31. The molecule has 0 aliphatic carbocycles. The van der Waals surface area contributed by atoms with E-state index in [-0.39, 0.29) is 17.7 Å². The van der Waals surface area contributed by atoms with Gasteiger partial charge >= 0.3 is 0 Å². The molecule has 3 aromatic carbocycles. The van der Waals surface area contributed by atoms with Gasteiger partial charge < -0.3 is 10.2 Å². The second kappa shape index (κ2) is 7.00. The minimum Gasteiger partial charge on any atom is -0.352 e. The van der Waals surface area contributed by atoms with Gasteiger partial charge in [0.05, 0.1) is 0 Å². The van der Waals surface area contributed by atoms with Crippen LogP contribution in [-0.4, -0.2) is 24.9 Å².